The van der Waals surface area contributed by atoms with E-state index in [1.807, 2.05) is 0 Å². The zero-order valence-corrected chi connectivity index (χ0v) is 7.55. The highest BCUT2D eigenvalue weighted by Crippen LogP contribution is 2.28. The molecule has 1 amide bonds. The van der Waals surface area contributed by atoms with Gasteiger partial charge >= 0.3 is 12.1 Å². The maximum atomic E-state index is 12.1. The number of carbonyl (C=O) groups excluding carboxylic acids is 1. The summed E-state index contributed by atoms with van der Waals surface area (Å²) in [4.78, 5) is 20.9. The van der Waals surface area contributed by atoms with Crippen LogP contribution in [0.15, 0.2) is 0 Å². The lowest BCUT2D eigenvalue weighted by atomic mass is 10.0. The summed E-state index contributed by atoms with van der Waals surface area (Å²) >= 11 is 0. The molecule has 0 radical (unpaired) electrons. The van der Waals surface area contributed by atoms with Crippen LogP contribution in [-0.2, 0) is 9.59 Å². The van der Waals surface area contributed by atoms with Crippen molar-refractivity contribution < 1.29 is 27.9 Å². The van der Waals surface area contributed by atoms with Gasteiger partial charge in [0.05, 0.1) is 5.92 Å². The predicted molar refractivity (Wildman–Crippen MR) is 40.5 cm³/mol. The third kappa shape index (κ3) is 3.63. The average molecular weight is 213 g/mol. The number of hydrogen-bond donors (Lipinski definition) is 2. The van der Waals surface area contributed by atoms with Gasteiger partial charge in [-0.25, -0.2) is 4.79 Å². The summed E-state index contributed by atoms with van der Waals surface area (Å²) < 4.78 is 36.3. The van der Waals surface area contributed by atoms with Gasteiger partial charge < -0.3 is 10.4 Å². The summed E-state index contributed by atoms with van der Waals surface area (Å²) in [5, 5.41) is 10.2. The molecule has 0 unspecified atom stereocenters. The van der Waals surface area contributed by atoms with Crippen LogP contribution in [0, 0.1) is 5.92 Å². The van der Waals surface area contributed by atoms with Crippen molar-refractivity contribution >= 4 is 11.9 Å². The van der Waals surface area contributed by atoms with Crippen LogP contribution in [0.2, 0.25) is 0 Å². The van der Waals surface area contributed by atoms with Gasteiger partial charge in [-0.2, -0.15) is 13.2 Å². The van der Waals surface area contributed by atoms with Crippen LogP contribution in [0.5, 0.6) is 0 Å². The Kier molecular flexibility index (Phi) is 3.91. The van der Waals surface area contributed by atoms with Crippen molar-refractivity contribution in [1.29, 1.82) is 0 Å². The van der Waals surface area contributed by atoms with Crippen LogP contribution in [0.25, 0.3) is 0 Å². The summed E-state index contributed by atoms with van der Waals surface area (Å²) in [5.74, 6) is -4.64. The molecule has 4 nitrogen and oxygen atoms in total. The molecule has 0 fully saturated rings. The third-order valence-corrected chi connectivity index (χ3v) is 1.64. The number of aliphatic carboxylic acids is 1. The summed E-state index contributed by atoms with van der Waals surface area (Å²) in [6, 6.07) is -1.94. The highest BCUT2D eigenvalue weighted by molar-refractivity contribution is 5.82. The highest BCUT2D eigenvalue weighted by Gasteiger charge is 2.44. The summed E-state index contributed by atoms with van der Waals surface area (Å²) in [5.41, 5.74) is 0. The minimum absolute atomic E-state index is 0.703. The third-order valence-electron chi connectivity index (χ3n) is 1.64. The molecule has 0 spiro atoms. The van der Waals surface area contributed by atoms with Crippen molar-refractivity contribution in [2.75, 3.05) is 0 Å². The van der Waals surface area contributed by atoms with Gasteiger partial charge in [0.15, 0.2) is 0 Å². The van der Waals surface area contributed by atoms with Crippen LogP contribution >= 0.6 is 0 Å². The molecule has 0 bridgehead atoms. The average Bonchev–Trinajstić information content (AvgIpc) is 1.96. The topological polar surface area (TPSA) is 66.4 Å². The van der Waals surface area contributed by atoms with Crippen LogP contribution in [-0.4, -0.2) is 29.2 Å². The van der Waals surface area contributed by atoms with Crippen LogP contribution < -0.4 is 5.32 Å². The van der Waals surface area contributed by atoms with Crippen molar-refractivity contribution in [1.82, 2.24) is 5.32 Å². The Morgan fingerprint density at radius 3 is 2.00 bits per heavy atom. The first-order valence-corrected chi connectivity index (χ1v) is 3.73. The van der Waals surface area contributed by atoms with Crippen molar-refractivity contribution in [3.05, 3.63) is 0 Å². The molecule has 2 N–H and O–H groups in total. The zero-order valence-electron chi connectivity index (χ0n) is 7.55. The fourth-order valence-corrected chi connectivity index (χ4v) is 0.809. The van der Waals surface area contributed by atoms with Gasteiger partial charge in [-0.1, -0.05) is 6.92 Å². The maximum absolute atomic E-state index is 12.1. The Hall–Kier alpha value is -1.27. The number of rotatable bonds is 3. The fourth-order valence-electron chi connectivity index (χ4n) is 0.809. The van der Waals surface area contributed by atoms with Crippen LogP contribution in [0.1, 0.15) is 13.8 Å². The van der Waals surface area contributed by atoms with Gasteiger partial charge in [0.25, 0.3) is 0 Å². The number of amides is 1. The molecule has 14 heavy (non-hydrogen) atoms. The normalized spacial score (nSPS) is 15.8. The van der Waals surface area contributed by atoms with Crippen molar-refractivity contribution in [3.8, 4) is 0 Å². The van der Waals surface area contributed by atoms with E-state index in [-0.39, 0.29) is 0 Å². The molecule has 0 aromatic heterocycles. The Bertz CT molecular complexity index is 239. The second-order valence-electron chi connectivity index (χ2n) is 2.85. The molecule has 0 rings (SSSR count). The van der Waals surface area contributed by atoms with Crippen LogP contribution in [0.3, 0.4) is 0 Å². The molecule has 0 aliphatic rings. The van der Waals surface area contributed by atoms with Crippen molar-refractivity contribution in [2.24, 2.45) is 5.92 Å². The number of halogens is 3. The Morgan fingerprint density at radius 2 is 1.79 bits per heavy atom. The van der Waals surface area contributed by atoms with E-state index in [0.717, 1.165) is 6.92 Å². The Morgan fingerprint density at radius 1 is 1.36 bits per heavy atom. The minimum atomic E-state index is -4.65. The molecule has 7 heteroatoms. The van der Waals surface area contributed by atoms with E-state index < -0.39 is 30.0 Å². The lowest BCUT2D eigenvalue weighted by Crippen LogP contribution is -2.48. The number of nitrogens with one attached hydrogen (secondary N) is 1. The first-order valence-electron chi connectivity index (χ1n) is 3.73. The molecule has 82 valence electrons. The molecular weight excluding hydrogens is 203 g/mol. The lowest BCUT2D eigenvalue weighted by molar-refractivity contribution is -0.185. The number of alkyl halides is 3. The maximum Gasteiger partial charge on any atom is 0.394 e. The number of carbonyl (C=O) groups is 2. The molecule has 0 aliphatic heterocycles. The van der Waals surface area contributed by atoms with E-state index in [1.54, 1.807) is 5.32 Å². The van der Waals surface area contributed by atoms with Gasteiger partial charge in [-0.05, 0) is 0 Å². The van der Waals surface area contributed by atoms with Gasteiger partial charge in [-0.3, -0.25) is 4.79 Å². The molecule has 2 atom stereocenters. The van der Waals surface area contributed by atoms with Crippen molar-refractivity contribution in [2.45, 2.75) is 26.1 Å². The van der Waals surface area contributed by atoms with Gasteiger partial charge in [-0.15, -0.1) is 0 Å². The van der Waals surface area contributed by atoms with E-state index in [4.69, 9.17) is 5.11 Å². The molecule has 0 saturated heterocycles. The van der Waals surface area contributed by atoms with Gasteiger partial charge in [0, 0.05) is 6.92 Å². The first kappa shape index (κ1) is 12.7. The molecule has 0 aromatic rings. The Balaban J connectivity index is 4.66. The van der Waals surface area contributed by atoms with E-state index >= 15 is 0 Å². The predicted octanol–water partition coefficient (Wildman–Crippen LogP) is 0.774. The molecule has 0 heterocycles. The second-order valence-corrected chi connectivity index (χ2v) is 2.85. The number of carboxylic acid groups (broad SMARTS) is 1. The standard InChI is InChI=1S/C7H10F3NO3/c1-3(7(8,9)10)5(6(13)14)11-4(2)12/h3,5H,1-2H3,(H,11,12)(H,13,14)/t3-,5-/m1/s1. The van der Waals surface area contributed by atoms with Crippen LogP contribution in [0.4, 0.5) is 13.2 Å². The quantitative estimate of drug-likeness (QED) is 0.727. The fraction of sp³-hybridized carbons (Fsp3) is 0.714. The van der Waals surface area contributed by atoms with E-state index in [2.05, 4.69) is 0 Å². The van der Waals surface area contributed by atoms with E-state index in [1.165, 1.54) is 0 Å². The van der Waals surface area contributed by atoms with Crippen molar-refractivity contribution in [3.63, 3.8) is 0 Å². The minimum Gasteiger partial charge on any atom is -0.480 e. The molecule has 0 saturated carbocycles. The van der Waals surface area contributed by atoms with Gasteiger partial charge in [0.1, 0.15) is 6.04 Å². The molecule has 0 aromatic carbocycles. The van der Waals surface area contributed by atoms with Gasteiger partial charge in [0.2, 0.25) is 5.91 Å². The molecule has 0 aliphatic carbocycles. The van der Waals surface area contributed by atoms with E-state index in [0.29, 0.717) is 6.92 Å². The summed E-state index contributed by atoms with van der Waals surface area (Å²) in [6.07, 6.45) is -4.65. The summed E-state index contributed by atoms with van der Waals surface area (Å²) in [6.45, 7) is 1.66. The number of hydrogen-bond acceptors (Lipinski definition) is 2. The second kappa shape index (κ2) is 4.30. The monoisotopic (exact) mass is 213 g/mol. The lowest BCUT2D eigenvalue weighted by Gasteiger charge is -2.22. The largest absolute Gasteiger partial charge is 0.480 e. The SMILES string of the molecule is CC(=O)N[C@@H](C(=O)O)[C@@H](C)C(F)(F)F. The zero-order chi connectivity index (χ0) is 11.5. The molecular formula is C7H10F3NO3. The summed E-state index contributed by atoms with van der Waals surface area (Å²) in [7, 11) is 0. The smallest absolute Gasteiger partial charge is 0.394 e. The highest BCUT2D eigenvalue weighted by atomic mass is 19.4. The first-order chi connectivity index (χ1) is 6.16. The Labute approximate surface area is 78.1 Å². The number of carboxylic acids is 1. The van der Waals surface area contributed by atoms with E-state index in [9.17, 15) is 22.8 Å².